The second-order valence-corrected chi connectivity index (χ2v) is 9.58. The fourth-order valence-electron chi connectivity index (χ4n) is 5.21. The number of carbonyl (C=O) groups is 2. The van der Waals surface area contributed by atoms with E-state index in [1.54, 1.807) is 0 Å². The molecular weight excluding hydrogens is 438 g/mol. The molecule has 1 N–H and O–H groups in total. The quantitative estimate of drug-likeness (QED) is 0.596. The Hall–Kier alpha value is -3.22. The van der Waals surface area contributed by atoms with Crippen LogP contribution in [0.3, 0.4) is 0 Å². The van der Waals surface area contributed by atoms with Gasteiger partial charge in [-0.1, -0.05) is 66.7 Å². The average molecular weight is 472 g/mol. The Bertz CT molecular complexity index is 1160. The van der Waals surface area contributed by atoms with Crippen LogP contribution in [0.1, 0.15) is 28.8 Å². The Morgan fingerprint density at radius 3 is 2.60 bits per heavy atom. The standard InChI is InChI=1S/C29H33N3O3/c33-28(30-18-25-21-31(16-17-35-25)19-22-8-2-1-3-9-22)24-12-7-15-32(20-24)29(34)27-14-6-11-23-10-4-5-13-26(23)27/h1-6,8-11,13-14,24-25H,7,12,15-21H2,(H,30,33). The summed E-state index contributed by atoms with van der Waals surface area (Å²) >= 11 is 0. The van der Waals surface area contributed by atoms with Crippen LogP contribution in [-0.4, -0.2) is 67.0 Å². The molecule has 6 heteroatoms. The molecule has 2 unspecified atom stereocenters. The highest BCUT2D eigenvalue weighted by molar-refractivity contribution is 6.07. The lowest BCUT2D eigenvalue weighted by Gasteiger charge is -2.34. The Morgan fingerprint density at radius 1 is 0.914 bits per heavy atom. The molecule has 0 aliphatic carbocycles. The zero-order valence-corrected chi connectivity index (χ0v) is 20.1. The summed E-state index contributed by atoms with van der Waals surface area (Å²) in [4.78, 5) is 30.6. The van der Waals surface area contributed by atoms with Gasteiger partial charge in [-0.15, -0.1) is 0 Å². The molecule has 2 heterocycles. The van der Waals surface area contributed by atoms with Crippen molar-refractivity contribution in [2.45, 2.75) is 25.5 Å². The van der Waals surface area contributed by atoms with E-state index in [0.717, 1.165) is 43.2 Å². The number of ether oxygens (including phenoxy) is 1. The molecule has 0 spiro atoms. The van der Waals surface area contributed by atoms with Crippen molar-refractivity contribution in [3.63, 3.8) is 0 Å². The van der Waals surface area contributed by atoms with Gasteiger partial charge in [0.05, 0.1) is 18.6 Å². The maximum absolute atomic E-state index is 13.3. The molecule has 2 aliphatic heterocycles. The molecule has 35 heavy (non-hydrogen) atoms. The van der Waals surface area contributed by atoms with Crippen LogP contribution in [0, 0.1) is 5.92 Å². The van der Waals surface area contributed by atoms with E-state index in [0.29, 0.717) is 31.8 Å². The number of hydrogen-bond acceptors (Lipinski definition) is 4. The number of hydrogen-bond donors (Lipinski definition) is 1. The SMILES string of the molecule is O=C(NCC1CN(Cc2ccccc2)CCO1)C1CCCN(C(=O)c2cccc3ccccc23)C1. The molecule has 3 aromatic carbocycles. The third kappa shape index (κ3) is 5.72. The Labute approximate surface area is 206 Å². The maximum atomic E-state index is 13.3. The lowest BCUT2D eigenvalue weighted by molar-refractivity contribution is -0.127. The number of morpholine rings is 1. The molecule has 182 valence electrons. The van der Waals surface area contributed by atoms with Crippen molar-refractivity contribution in [1.29, 1.82) is 0 Å². The predicted molar refractivity (Wildman–Crippen MR) is 137 cm³/mol. The number of likely N-dealkylation sites (tertiary alicyclic amines) is 1. The number of amides is 2. The van der Waals surface area contributed by atoms with Gasteiger partial charge in [-0.05, 0) is 35.2 Å². The minimum absolute atomic E-state index is 0.00599. The lowest BCUT2D eigenvalue weighted by atomic mass is 9.95. The number of nitrogens with zero attached hydrogens (tertiary/aromatic N) is 2. The number of piperidine rings is 1. The zero-order valence-electron chi connectivity index (χ0n) is 20.1. The minimum Gasteiger partial charge on any atom is -0.374 e. The summed E-state index contributed by atoms with van der Waals surface area (Å²) in [5.41, 5.74) is 1.99. The number of carbonyl (C=O) groups excluding carboxylic acids is 2. The number of fused-ring (bicyclic) bond motifs is 1. The zero-order chi connectivity index (χ0) is 24.0. The number of nitrogens with one attached hydrogen (secondary N) is 1. The molecular formula is C29H33N3O3. The van der Waals surface area contributed by atoms with E-state index < -0.39 is 0 Å². The van der Waals surface area contributed by atoms with Gasteiger partial charge in [0, 0.05) is 44.8 Å². The van der Waals surface area contributed by atoms with Crippen LogP contribution >= 0.6 is 0 Å². The van der Waals surface area contributed by atoms with Crippen LogP contribution in [0.15, 0.2) is 72.8 Å². The second-order valence-electron chi connectivity index (χ2n) is 9.58. The molecule has 2 amide bonds. The molecule has 0 radical (unpaired) electrons. The molecule has 2 aliphatic rings. The maximum Gasteiger partial charge on any atom is 0.254 e. The fraction of sp³-hybridized carbons (Fsp3) is 0.379. The summed E-state index contributed by atoms with van der Waals surface area (Å²) in [6.45, 7) is 4.90. The molecule has 5 rings (SSSR count). The first-order valence-corrected chi connectivity index (χ1v) is 12.6. The second kappa shape index (κ2) is 11.0. The lowest BCUT2D eigenvalue weighted by Crippen LogP contribution is -2.50. The van der Waals surface area contributed by atoms with Crippen molar-refractivity contribution >= 4 is 22.6 Å². The first kappa shape index (κ1) is 23.5. The number of rotatable bonds is 6. The highest BCUT2D eigenvalue weighted by Gasteiger charge is 2.30. The van der Waals surface area contributed by atoms with Gasteiger partial charge in [0.15, 0.2) is 0 Å². The summed E-state index contributed by atoms with van der Waals surface area (Å²) in [6, 6.07) is 24.2. The molecule has 2 saturated heterocycles. The monoisotopic (exact) mass is 471 g/mol. The van der Waals surface area contributed by atoms with Gasteiger partial charge in [0.1, 0.15) is 0 Å². The number of benzene rings is 3. The van der Waals surface area contributed by atoms with Crippen LogP contribution < -0.4 is 5.32 Å². The Balaban J connectivity index is 1.15. The van der Waals surface area contributed by atoms with E-state index >= 15 is 0 Å². The smallest absolute Gasteiger partial charge is 0.254 e. The van der Waals surface area contributed by atoms with Gasteiger partial charge < -0.3 is 15.0 Å². The van der Waals surface area contributed by atoms with Crippen molar-refractivity contribution in [2.24, 2.45) is 5.92 Å². The van der Waals surface area contributed by atoms with Crippen molar-refractivity contribution < 1.29 is 14.3 Å². The van der Waals surface area contributed by atoms with Crippen molar-refractivity contribution in [3.8, 4) is 0 Å². The third-order valence-corrected chi connectivity index (χ3v) is 7.08. The minimum atomic E-state index is -0.188. The van der Waals surface area contributed by atoms with E-state index in [-0.39, 0.29) is 23.8 Å². The normalized spacial score (nSPS) is 21.1. The predicted octanol–water partition coefficient (Wildman–Crippen LogP) is 3.71. The average Bonchev–Trinajstić information content (AvgIpc) is 2.92. The summed E-state index contributed by atoms with van der Waals surface area (Å²) < 4.78 is 5.92. The van der Waals surface area contributed by atoms with E-state index in [4.69, 9.17) is 4.74 Å². The molecule has 0 aromatic heterocycles. The molecule has 2 atom stereocenters. The molecule has 0 bridgehead atoms. The highest BCUT2D eigenvalue weighted by Crippen LogP contribution is 2.24. The summed E-state index contributed by atoms with van der Waals surface area (Å²) in [6.07, 6.45) is 1.62. The van der Waals surface area contributed by atoms with Crippen LogP contribution in [0.25, 0.3) is 10.8 Å². The topological polar surface area (TPSA) is 61.9 Å². The van der Waals surface area contributed by atoms with E-state index in [2.05, 4.69) is 34.5 Å². The van der Waals surface area contributed by atoms with Crippen LogP contribution in [-0.2, 0) is 16.1 Å². The highest BCUT2D eigenvalue weighted by atomic mass is 16.5. The van der Waals surface area contributed by atoms with Crippen LogP contribution in [0.4, 0.5) is 0 Å². The van der Waals surface area contributed by atoms with Crippen molar-refractivity contribution in [1.82, 2.24) is 15.1 Å². The fourth-order valence-corrected chi connectivity index (χ4v) is 5.21. The Kier molecular flexibility index (Phi) is 7.40. The van der Waals surface area contributed by atoms with Crippen molar-refractivity contribution in [3.05, 3.63) is 83.9 Å². The van der Waals surface area contributed by atoms with E-state index in [9.17, 15) is 9.59 Å². The summed E-state index contributed by atoms with van der Waals surface area (Å²) in [5, 5.41) is 5.12. The van der Waals surface area contributed by atoms with Crippen LogP contribution in [0.5, 0.6) is 0 Å². The third-order valence-electron chi connectivity index (χ3n) is 7.08. The molecule has 2 fully saturated rings. The van der Waals surface area contributed by atoms with Gasteiger partial charge in [-0.2, -0.15) is 0 Å². The first-order chi connectivity index (χ1) is 17.2. The summed E-state index contributed by atoms with van der Waals surface area (Å²) in [7, 11) is 0. The van der Waals surface area contributed by atoms with E-state index in [1.165, 1.54) is 5.56 Å². The van der Waals surface area contributed by atoms with Gasteiger partial charge in [-0.25, -0.2) is 0 Å². The van der Waals surface area contributed by atoms with Gasteiger partial charge in [-0.3, -0.25) is 14.5 Å². The van der Waals surface area contributed by atoms with E-state index in [1.807, 2.05) is 53.4 Å². The Morgan fingerprint density at radius 2 is 1.71 bits per heavy atom. The first-order valence-electron chi connectivity index (χ1n) is 12.6. The summed E-state index contributed by atoms with van der Waals surface area (Å²) in [5.74, 6) is -0.164. The van der Waals surface area contributed by atoms with Gasteiger partial charge >= 0.3 is 0 Å². The molecule has 6 nitrogen and oxygen atoms in total. The van der Waals surface area contributed by atoms with Gasteiger partial charge in [0.2, 0.25) is 5.91 Å². The van der Waals surface area contributed by atoms with Crippen LogP contribution in [0.2, 0.25) is 0 Å². The molecule has 0 saturated carbocycles. The van der Waals surface area contributed by atoms with Crippen molar-refractivity contribution in [2.75, 3.05) is 39.3 Å². The molecule has 3 aromatic rings. The largest absolute Gasteiger partial charge is 0.374 e. The van der Waals surface area contributed by atoms with Gasteiger partial charge in [0.25, 0.3) is 5.91 Å².